The Morgan fingerprint density at radius 3 is 2.30 bits per heavy atom. The Morgan fingerprint density at radius 2 is 1.66 bits per heavy atom. The van der Waals surface area contributed by atoms with Crippen LogP contribution >= 0.6 is 0 Å². The number of fused-ring (bicyclic) bond motifs is 3. The van der Waals surface area contributed by atoms with Crippen LogP contribution in [0.5, 0.6) is 11.5 Å². The van der Waals surface area contributed by atoms with Gasteiger partial charge in [-0.3, -0.25) is 9.59 Å². The highest BCUT2D eigenvalue weighted by Crippen LogP contribution is 2.44. The number of amides is 2. The maximum atomic E-state index is 13.3. The van der Waals surface area contributed by atoms with Crippen LogP contribution in [0.4, 0.5) is 4.79 Å². The van der Waals surface area contributed by atoms with Crippen molar-refractivity contribution in [1.29, 1.82) is 0 Å². The molecule has 0 atom stereocenters. The monoisotopic (exact) mass is 602 g/mol. The number of alkyl carbamates (subject to hydrolysis) is 1. The number of rotatable bonds is 15. The van der Waals surface area contributed by atoms with Gasteiger partial charge in [0.1, 0.15) is 31.3 Å². The Bertz CT molecular complexity index is 1480. The highest BCUT2D eigenvalue weighted by atomic mass is 16.5. The van der Waals surface area contributed by atoms with Gasteiger partial charge in [0.05, 0.1) is 13.5 Å². The largest absolute Gasteiger partial charge is 0.496 e. The van der Waals surface area contributed by atoms with Crippen LogP contribution in [0.25, 0.3) is 11.1 Å². The molecule has 3 aromatic rings. The number of methoxy groups -OCH3 is 1. The minimum Gasteiger partial charge on any atom is -0.496 e. The Hall–Kier alpha value is -5.32. The van der Waals surface area contributed by atoms with Crippen LogP contribution in [0.3, 0.4) is 0 Å². The summed E-state index contributed by atoms with van der Waals surface area (Å²) >= 11 is 0. The zero-order valence-corrected chi connectivity index (χ0v) is 24.3. The van der Waals surface area contributed by atoms with E-state index < -0.39 is 30.5 Å². The third kappa shape index (κ3) is 8.15. The standard InChI is InChI=1S/C33H34N2O9/c1-3-16-42-32(39)14-15-35(19-22-12-13-23(17-29(22)41-2)43-21-31(37)38)30(36)18-34-33(40)44-20-28-26-10-6-4-8-24(26)25-9-5-7-11-27(25)28/h3-13,17,28H,1,14-16,18-21H2,2H3,(H,34,40)(H,37,38). The normalized spacial score (nSPS) is 11.5. The molecule has 11 heteroatoms. The zero-order chi connectivity index (χ0) is 31.5. The second-order valence-electron chi connectivity index (χ2n) is 9.87. The van der Waals surface area contributed by atoms with E-state index in [-0.39, 0.29) is 50.9 Å². The van der Waals surface area contributed by atoms with Crippen molar-refractivity contribution < 1.29 is 43.2 Å². The molecule has 230 valence electrons. The predicted octanol–water partition coefficient (Wildman–Crippen LogP) is 4.15. The van der Waals surface area contributed by atoms with Gasteiger partial charge in [-0.1, -0.05) is 61.2 Å². The number of ether oxygens (including phenoxy) is 4. The second kappa shape index (κ2) is 15.2. The fourth-order valence-corrected chi connectivity index (χ4v) is 4.95. The number of carbonyl (C=O) groups excluding carboxylic acids is 3. The second-order valence-corrected chi connectivity index (χ2v) is 9.87. The van der Waals surface area contributed by atoms with Gasteiger partial charge < -0.3 is 34.3 Å². The molecule has 0 radical (unpaired) electrons. The number of aliphatic carboxylic acids is 1. The van der Waals surface area contributed by atoms with Gasteiger partial charge in [0, 0.05) is 30.6 Å². The van der Waals surface area contributed by atoms with E-state index in [9.17, 15) is 19.2 Å². The molecule has 0 aromatic heterocycles. The summed E-state index contributed by atoms with van der Waals surface area (Å²) in [5, 5.41) is 11.4. The molecule has 0 unspecified atom stereocenters. The first-order valence-corrected chi connectivity index (χ1v) is 13.9. The minimum absolute atomic E-state index is 0.00159. The molecule has 1 aliphatic rings. The van der Waals surface area contributed by atoms with Crippen LogP contribution in [-0.2, 0) is 30.4 Å². The first kappa shape index (κ1) is 31.6. The van der Waals surface area contributed by atoms with Gasteiger partial charge in [-0.05, 0) is 34.4 Å². The van der Waals surface area contributed by atoms with Crippen LogP contribution in [0, 0.1) is 0 Å². The van der Waals surface area contributed by atoms with E-state index in [1.165, 1.54) is 24.2 Å². The summed E-state index contributed by atoms with van der Waals surface area (Å²) in [6.45, 7) is 2.79. The van der Waals surface area contributed by atoms with E-state index in [0.717, 1.165) is 22.3 Å². The fourth-order valence-electron chi connectivity index (χ4n) is 4.95. The van der Waals surface area contributed by atoms with Crippen molar-refractivity contribution in [3.8, 4) is 22.6 Å². The third-order valence-corrected chi connectivity index (χ3v) is 7.01. The lowest BCUT2D eigenvalue weighted by Gasteiger charge is -2.24. The lowest BCUT2D eigenvalue weighted by molar-refractivity contribution is -0.143. The number of carbonyl (C=O) groups is 4. The number of carboxylic acids is 1. The van der Waals surface area contributed by atoms with Gasteiger partial charge in [0.25, 0.3) is 0 Å². The summed E-state index contributed by atoms with van der Waals surface area (Å²) in [6, 6.07) is 20.6. The van der Waals surface area contributed by atoms with E-state index >= 15 is 0 Å². The number of carboxylic acid groups (broad SMARTS) is 1. The quantitative estimate of drug-likeness (QED) is 0.194. The van der Waals surface area contributed by atoms with Crippen molar-refractivity contribution >= 4 is 23.9 Å². The number of hydrogen-bond donors (Lipinski definition) is 2. The summed E-state index contributed by atoms with van der Waals surface area (Å²) in [4.78, 5) is 50.3. The minimum atomic E-state index is -1.13. The van der Waals surface area contributed by atoms with Gasteiger partial charge in [-0.25, -0.2) is 9.59 Å². The molecule has 0 aliphatic heterocycles. The van der Waals surface area contributed by atoms with Crippen molar-refractivity contribution in [2.75, 3.05) is 40.0 Å². The molecule has 0 saturated heterocycles. The Balaban J connectivity index is 1.39. The average Bonchev–Trinajstić information content (AvgIpc) is 3.36. The van der Waals surface area contributed by atoms with Crippen molar-refractivity contribution in [2.24, 2.45) is 0 Å². The van der Waals surface area contributed by atoms with Crippen LogP contribution in [0.2, 0.25) is 0 Å². The molecule has 0 bridgehead atoms. The molecule has 11 nitrogen and oxygen atoms in total. The van der Waals surface area contributed by atoms with Gasteiger partial charge >= 0.3 is 18.0 Å². The number of esters is 1. The van der Waals surface area contributed by atoms with Crippen LogP contribution < -0.4 is 14.8 Å². The van der Waals surface area contributed by atoms with Gasteiger partial charge in [0.15, 0.2) is 6.61 Å². The Morgan fingerprint density at radius 1 is 0.977 bits per heavy atom. The number of nitrogens with one attached hydrogen (secondary N) is 1. The summed E-state index contributed by atoms with van der Waals surface area (Å²) in [7, 11) is 1.43. The SMILES string of the molecule is C=CCOC(=O)CCN(Cc1ccc(OCC(=O)O)cc1OC)C(=O)CNC(=O)OCC1c2ccccc2-c2ccccc21. The lowest BCUT2D eigenvalue weighted by atomic mass is 9.98. The molecule has 3 aromatic carbocycles. The van der Waals surface area contributed by atoms with Crippen molar-refractivity contribution in [2.45, 2.75) is 18.9 Å². The van der Waals surface area contributed by atoms with Gasteiger partial charge in [-0.2, -0.15) is 0 Å². The fraction of sp³-hybridized carbons (Fsp3) is 0.273. The lowest BCUT2D eigenvalue weighted by Crippen LogP contribution is -2.41. The maximum absolute atomic E-state index is 13.3. The Kier molecular flexibility index (Phi) is 10.9. The molecule has 0 spiro atoms. The molecule has 1 aliphatic carbocycles. The molecule has 44 heavy (non-hydrogen) atoms. The van der Waals surface area contributed by atoms with E-state index in [1.54, 1.807) is 12.1 Å². The van der Waals surface area contributed by atoms with Crippen LogP contribution in [0.15, 0.2) is 79.4 Å². The number of benzene rings is 3. The Labute approximate surface area is 255 Å². The molecular weight excluding hydrogens is 568 g/mol. The van der Waals surface area contributed by atoms with Gasteiger partial charge in [-0.15, -0.1) is 0 Å². The van der Waals surface area contributed by atoms with Crippen molar-refractivity contribution in [3.63, 3.8) is 0 Å². The smallest absolute Gasteiger partial charge is 0.407 e. The van der Waals surface area contributed by atoms with E-state index in [0.29, 0.717) is 11.3 Å². The molecule has 2 N–H and O–H groups in total. The first-order chi connectivity index (χ1) is 21.3. The molecule has 0 heterocycles. The van der Waals surface area contributed by atoms with Crippen molar-refractivity contribution in [3.05, 3.63) is 96.1 Å². The molecule has 2 amide bonds. The molecule has 4 rings (SSSR count). The molecule has 0 fully saturated rings. The highest BCUT2D eigenvalue weighted by molar-refractivity contribution is 5.83. The average molecular weight is 603 g/mol. The predicted molar refractivity (Wildman–Crippen MR) is 160 cm³/mol. The summed E-state index contributed by atoms with van der Waals surface area (Å²) < 4.78 is 21.2. The topological polar surface area (TPSA) is 141 Å². The number of nitrogens with zero attached hydrogens (tertiary/aromatic N) is 1. The first-order valence-electron chi connectivity index (χ1n) is 13.9. The van der Waals surface area contributed by atoms with Crippen LogP contribution in [-0.4, -0.2) is 74.0 Å². The third-order valence-electron chi connectivity index (χ3n) is 7.01. The summed E-state index contributed by atoms with van der Waals surface area (Å²) in [5.41, 5.74) is 4.92. The van der Waals surface area contributed by atoms with Crippen molar-refractivity contribution in [1.82, 2.24) is 10.2 Å². The van der Waals surface area contributed by atoms with Gasteiger partial charge in [0.2, 0.25) is 5.91 Å². The summed E-state index contributed by atoms with van der Waals surface area (Å²) in [6.07, 6.45) is 0.605. The van der Waals surface area contributed by atoms with Crippen LogP contribution in [0.1, 0.15) is 29.0 Å². The summed E-state index contributed by atoms with van der Waals surface area (Å²) in [5.74, 6) is -1.62. The van der Waals surface area contributed by atoms with E-state index in [1.807, 2.05) is 48.5 Å². The van der Waals surface area contributed by atoms with E-state index in [4.69, 9.17) is 24.1 Å². The molecular formula is C33H34N2O9. The number of hydrogen-bond acceptors (Lipinski definition) is 8. The molecule has 0 saturated carbocycles. The zero-order valence-electron chi connectivity index (χ0n) is 24.3. The highest BCUT2D eigenvalue weighted by Gasteiger charge is 2.29. The maximum Gasteiger partial charge on any atom is 0.407 e. The van der Waals surface area contributed by atoms with E-state index in [2.05, 4.69) is 11.9 Å².